The minimum Gasteiger partial charge on any atom is -0.316 e. The van der Waals surface area contributed by atoms with Gasteiger partial charge >= 0.3 is 0 Å². The average Bonchev–Trinajstić information content (AvgIpc) is 2.85. The van der Waals surface area contributed by atoms with Crippen molar-refractivity contribution in [3.63, 3.8) is 0 Å². The number of hydrogen-bond donors (Lipinski definition) is 1. The van der Waals surface area contributed by atoms with Crippen molar-refractivity contribution in [2.45, 2.75) is 19.9 Å². The predicted octanol–water partition coefficient (Wildman–Crippen LogP) is 3.69. The highest BCUT2D eigenvalue weighted by Gasteiger charge is 2.29. The molecule has 0 spiro atoms. The van der Waals surface area contributed by atoms with E-state index in [-0.39, 0.29) is 12.4 Å². The molecule has 1 heterocycles. The SMILES string of the molecule is CN(Cc1cccc2ccccc12)CC1(C)CCNC1.Cl. The van der Waals surface area contributed by atoms with Gasteiger partial charge in [-0.25, -0.2) is 0 Å². The van der Waals surface area contributed by atoms with Crippen LogP contribution in [-0.4, -0.2) is 31.6 Å². The molecule has 0 aromatic heterocycles. The van der Waals surface area contributed by atoms with Gasteiger partial charge in [0.25, 0.3) is 0 Å². The van der Waals surface area contributed by atoms with Gasteiger partial charge in [-0.05, 0) is 41.8 Å². The van der Waals surface area contributed by atoms with E-state index in [0.717, 1.165) is 19.6 Å². The zero-order valence-corrected chi connectivity index (χ0v) is 13.7. The molecule has 0 saturated carbocycles. The molecule has 3 heteroatoms. The first-order valence-electron chi connectivity index (χ1n) is 7.52. The van der Waals surface area contributed by atoms with E-state index >= 15 is 0 Å². The van der Waals surface area contributed by atoms with Crippen LogP contribution < -0.4 is 5.32 Å². The second-order valence-corrected chi connectivity index (χ2v) is 6.55. The maximum Gasteiger partial charge on any atom is 0.0237 e. The molecular weight excluding hydrogens is 280 g/mol. The molecule has 0 amide bonds. The lowest BCUT2D eigenvalue weighted by Crippen LogP contribution is -2.34. The molecule has 1 aliphatic rings. The van der Waals surface area contributed by atoms with E-state index in [4.69, 9.17) is 0 Å². The quantitative estimate of drug-likeness (QED) is 0.926. The Kier molecular flexibility index (Phi) is 5.26. The summed E-state index contributed by atoms with van der Waals surface area (Å²) in [7, 11) is 2.24. The highest BCUT2D eigenvalue weighted by Crippen LogP contribution is 2.26. The van der Waals surface area contributed by atoms with Gasteiger partial charge < -0.3 is 10.2 Å². The van der Waals surface area contributed by atoms with E-state index in [1.807, 2.05) is 0 Å². The maximum atomic E-state index is 3.49. The monoisotopic (exact) mass is 304 g/mol. The van der Waals surface area contributed by atoms with Crippen LogP contribution in [0.4, 0.5) is 0 Å². The second kappa shape index (κ2) is 6.78. The van der Waals surface area contributed by atoms with Crippen molar-refractivity contribution in [1.29, 1.82) is 0 Å². The number of nitrogens with zero attached hydrogens (tertiary/aromatic N) is 1. The molecule has 0 radical (unpaired) electrons. The summed E-state index contributed by atoms with van der Waals surface area (Å²) in [6.07, 6.45) is 1.28. The molecule has 1 fully saturated rings. The molecule has 2 nitrogen and oxygen atoms in total. The normalized spacial score (nSPS) is 21.7. The molecule has 3 rings (SSSR count). The smallest absolute Gasteiger partial charge is 0.0237 e. The van der Waals surface area contributed by atoms with Gasteiger partial charge in [-0.3, -0.25) is 0 Å². The summed E-state index contributed by atoms with van der Waals surface area (Å²) >= 11 is 0. The van der Waals surface area contributed by atoms with Crippen molar-refractivity contribution in [2.75, 3.05) is 26.7 Å². The fraction of sp³-hybridized carbons (Fsp3) is 0.444. The summed E-state index contributed by atoms with van der Waals surface area (Å²) < 4.78 is 0. The Morgan fingerprint density at radius 1 is 1.14 bits per heavy atom. The van der Waals surface area contributed by atoms with Crippen molar-refractivity contribution in [1.82, 2.24) is 10.2 Å². The third-order valence-electron chi connectivity index (χ3n) is 4.43. The number of rotatable bonds is 4. The topological polar surface area (TPSA) is 15.3 Å². The van der Waals surface area contributed by atoms with Crippen molar-refractivity contribution >= 4 is 23.2 Å². The first-order chi connectivity index (χ1) is 9.66. The fourth-order valence-corrected chi connectivity index (χ4v) is 3.43. The lowest BCUT2D eigenvalue weighted by Gasteiger charge is -2.29. The number of nitrogens with one attached hydrogen (secondary N) is 1. The summed E-state index contributed by atoms with van der Waals surface area (Å²) in [5, 5.41) is 6.21. The van der Waals surface area contributed by atoms with Gasteiger partial charge in [-0.1, -0.05) is 49.4 Å². The predicted molar refractivity (Wildman–Crippen MR) is 93.1 cm³/mol. The zero-order chi connectivity index (χ0) is 14.0. The molecule has 1 N–H and O–H groups in total. The highest BCUT2D eigenvalue weighted by atomic mass is 35.5. The van der Waals surface area contributed by atoms with Gasteiger partial charge in [-0.2, -0.15) is 0 Å². The molecule has 1 atom stereocenters. The Morgan fingerprint density at radius 3 is 2.67 bits per heavy atom. The van der Waals surface area contributed by atoms with Crippen LogP contribution >= 0.6 is 12.4 Å². The highest BCUT2D eigenvalue weighted by molar-refractivity contribution is 5.85. The minimum atomic E-state index is 0. The van der Waals surface area contributed by atoms with Gasteiger partial charge in [-0.15, -0.1) is 12.4 Å². The molecule has 1 saturated heterocycles. The zero-order valence-electron chi connectivity index (χ0n) is 12.9. The molecule has 2 aromatic rings. The van der Waals surface area contributed by atoms with E-state index in [9.17, 15) is 0 Å². The third kappa shape index (κ3) is 3.76. The van der Waals surface area contributed by atoms with E-state index < -0.39 is 0 Å². The fourth-order valence-electron chi connectivity index (χ4n) is 3.43. The summed E-state index contributed by atoms with van der Waals surface area (Å²) in [6.45, 7) is 6.89. The third-order valence-corrected chi connectivity index (χ3v) is 4.43. The van der Waals surface area contributed by atoms with Crippen LogP contribution in [-0.2, 0) is 6.54 Å². The molecule has 0 bridgehead atoms. The summed E-state index contributed by atoms with van der Waals surface area (Å²) in [6, 6.07) is 15.3. The average molecular weight is 305 g/mol. The first-order valence-corrected chi connectivity index (χ1v) is 7.52. The standard InChI is InChI=1S/C18H24N2.ClH/c1-18(10-11-19-13-18)14-20(2)12-16-8-5-7-15-6-3-4-9-17(15)16;/h3-9,19H,10-14H2,1-2H3;1H. The molecule has 21 heavy (non-hydrogen) atoms. The van der Waals surface area contributed by atoms with Crippen LogP contribution in [0.2, 0.25) is 0 Å². The van der Waals surface area contributed by atoms with Crippen molar-refractivity contribution in [3.8, 4) is 0 Å². The number of halogens is 1. The van der Waals surface area contributed by atoms with Crippen LogP contribution in [0.15, 0.2) is 42.5 Å². The Labute approximate surface area is 133 Å². The van der Waals surface area contributed by atoms with Crippen LogP contribution in [0.25, 0.3) is 10.8 Å². The Hall–Kier alpha value is -1.09. The van der Waals surface area contributed by atoms with Gasteiger partial charge in [0.05, 0.1) is 0 Å². The van der Waals surface area contributed by atoms with Gasteiger partial charge in [0.15, 0.2) is 0 Å². The van der Waals surface area contributed by atoms with Crippen LogP contribution in [0.1, 0.15) is 18.9 Å². The van der Waals surface area contributed by atoms with E-state index in [1.165, 1.54) is 29.3 Å². The Bertz CT molecular complexity index is 585. The molecule has 1 unspecified atom stereocenters. The molecule has 1 aliphatic heterocycles. The Balaban J connectivity index is 0.00000161. The van der Waals surface area contributed by atoms with Crippen LogP contribution in [0.3, 0.4) is 0 Å². The van der Waals surface area contributed by atoms with E-state index in [2.05, 4.69) is 66.7 Å². The number of benzene rings is 2. The largest absolute Gasteiger partial charge is 0.316 e. The molecule has 114 valence electrons. The minimum absolute atomic E-state index is 0. The molecular formula is C18H25ClN2. The number of hydrogen-bond acceptors (Lipinski definition) is 2. The van der Waals surface area contributed by atoms with Crippen molar-refractivity contribution in [3.05, 3.63) is 48.0 Å². The summed E-state index contributed by atoms with van der Waals surface area (Å²) in [5.41, 5.74) is 1.86. The van der Waals surface area contributed by atoms with Crippen LogP contribution in [0, 0.1) is 5.41 Å². The summed E-state index contributed by atoms with van der Waals surface area (Å²) in [5.74, 6) is 0. The lowest BCUT2D eigenvalue weighted by atomic mass is 9.89. The maximum absolute atomic E-state index is 3.49. The summed E-state index contributed by atoms with van der Waals surface area (Å²) in [4.78, 5) is 2.47. The molecule has 2 aromatic carbocycles. The molecule has 0 aliphatic carbocycles. The Morgan fingerprint density at radius 2 is 1.90 bits per heavy atom. The van der Waals surface area contributed by atoms with Crippen LogP contribution in [0.5, 0.6) is 0 Å². The van der Waals surface area contributed by atoms with Gasteiger partial charge in [0.2, 0.25) is 0 Å². The van der Waals surface area contributed by atoms with Gasteiger partial charge in [0, 0.05) is 19.6 Å². The number of fused-ring (bicyclic) bond motifs is 1. The van der Waals surface area contributed by atoms with Crippen molar-refractivity contribution < 1.29 is 0 Å². The van der Waals surface area contributed by atoms with Gasteiger partial charge in [0.1, 0.15) is 0 Å². The van der Waals surface area contributed by atoms with Crippen molar-refractivity contribution in [2.24, 2.45) is 5.41 Å². The first kappa shape index (κ1) is 16.3. The van der Waals surface area contributed by atoms with E-state index in [1.54, 1.807) is 0 Å². The second-order valence-electron chi connectivity index (χ2n) is 6.55. The van der Waals surface area contributed by atoms with E-state index in [0.29, 0.717) is 5.41 Å². The lowest BCUT2D eigenvalue weighted by molar-refractivity contribution is 0.204.